The SMILES string of the molecule is Cl.Fc1ccc(C(CCCc2cc(Nc3csc4c(Cl)cccc34)ccn2)c2ccc(F)cc2)cc1. The highest BCUT2D eigenvalue weighted by atomic mass is 35.5. The Kier molecular flexibility index (Phi) is 8.57. The molecule has 2 aromatic heterocycles. The maximum atomic E-state index is 13.5. The first-order valence-electron chi connectivity index (χ1n) is 11.5. The number of anilines is 2. The van der Waals surface area contributed by atoms with E-state index in [2.05, 4.69) is 27.8 Å². The zero-order valence-electron chi connectivity index (χ0n) is 19.3. The number of nitrogens with one attached hydrogen (secondary N) is 1. The minimum absolute atomic E-state index is 0. The molecule has 1 N–H and O–H groups in total. The standard InChI is InChI=1S/C29H23ClF2N2S.ClH/c30-27-6-2-5-26-28(18-35-29(26)27)34-24-15-16-33-23(17-24)3-1-4-25(19-7-11-21(31)12-8-19)20-9-13-22(32)14-10-20;/h2,5-18,25H,1,3-4H2,(H,33,34);1H. The van der Waals surface area contributed by atoms with Gasteiger partial charge in [-0.15, -0.1) is 23.7 Å². The van der Waals surface area contributed by atoms with E-state index in [1.807, 2.05) is 48.7 Å². The predicted molar refractivity (Wildman–Crippen MR) is 149 cm³/mol. The van der Waals surface area contributed by atoms with Crippen molar-refractivity contribution in [3.05, 3.63) is 124 Å². The van der Waals surface area contributed by atoms with Crippen LogP contribution >= 0.6 is 35.3 Å². The van der Waals surface area contributed by atoms with Crippen LogP contribution in [0.25, 0.3) is 10.1 Å². The van der Waals surface area contributed by atoms with Crippen molar-refractivity contribution in [2.24, 2.45) is 0 Å². The van der Waals surface area contributed by atoms with Crippen LogP contribution in [-0.2, 0) is 6.42 Å². The third-order valence-electron chi connectivity index (χ3n) is 6.12. The molecule has 0 saturated carbocycles. The van der Waals surface area contributed by atoms with Gasteiger partial charge in [0.1, 0.15) is 11.6 Å². The molecule has 7 heteroatoms. The zero-order valence-corrected chi connectivity index (χ0v) is 21.6. The summed E-state index contributed by atoms with van der Waals surface area (Å²) in [5, 5.41) is 7.43. The molecule has 0 amide bonds. The molecule has 0 fully saturated rings. The van der Waals surface area contributed by atoms with E-state index in [0.29, 0.717) is 0 Å². The normalized spacial score (nSPS) is 11.0. The Morgan fingerprint density at radius 2 is 1.56 bits per heavy atom. The van der Waals surface area contributed by atoms with Gasteiger partial charge in [-0.2, -0.15) is 0 Å². The summed E-state index contributed by atoms with van der Waals surface area (Å²) in [5.74, 6) is -0.471. The molecule has 184 valence electrons. The molecule has 0 spiro atoms. The second kappa shape index (κ2) is 11.8. The lowest BCUT2D eigenvalue weighted by molar-refractivity contribution is 0.617. The average Bonchev–Trinajstić information content (AvgIpc) is 3.28. The molecule has 2 nitrogen and oxygen atoms in total. The van der Waals surface area contributed by atoms with E-state index in [-0.39, 0.29) is 30.0 Å². The highest BCUT2D eigenvalue weighted by Crippen LogP contribution is 2.36. The van der Waals surface area contributed by atoms with Gasteiger partial charge in [-0.25, -0.2) is 8.78 Å². The number of nitrogens with zero attached hydrogens (tertiary/aromatic N) is 1. The van der Waals surface area contributed by atoms with Gasteiger partial charge in [0.2, 0.25) is 0 Å². The highest BCUT2D eigenvalue weighted by Gasteiger charge is 2.15. The molecule has 5 rings (SSSR count). The van der Waals surface area contributed by atoms with Crippen molar-refractivity contribution in [2.75, 3.05) is 5.32 Å². The number of hydrogen-bond acceptors (Lipinski definition) is 3. The van der Waals surface area contributed by atoms with Crippen LogP contribution < -0.4 is 5.32 Å². The Balaban J connectivity index is 0.00000304. The number of halogens is 4. The van der Waals surface area contributed by atoms with Crippen LogP contribution in [0.2, 0.25) is 5.02 Å². The van der Waals surface area contributed by atoms with Crippen LogP contribution in [0.4, 0.5) is 20.2 Å². The van der Waals surface area contributed by atoms with Crippen LogP contribution in [0, 0.1) is 11.6 Å². The second-order valence-corrected chi connectivity index (χ2v) is 9.76. The van der Waals surface area contributed by atoms with Crippen molar-refractivity contribution < 1.29 is 8.78 Å². The Bertz CT molecular complexity index is 1390. The molecule has 0 aliphatic carbocycles. The maximum absolute atomic E-state index is 13.5. The molecule has 0 aliphatic heterocycles. The third-order valence-corrected chi connectivity index (χ3v) is 7.57. The molecule has 36 heavy (non-hydrogen) atoms. The average molecular weight is 541 g/mol. The fourth-order valence-corrected chi connectivity index (χ4v) is 5.59. The summed E-state index contributed by atoms with van der Waals surface area (Å²) in [6.45, 7) is 0. The largest absolute Gasteiger partial charge is 0.354 e. The Morgan fingerprint density at radius 1 is 0.889 bits per heavy atom. The number of hydrogen-bond donors (Lipinski definition) is 1. The summed E-state index contributed by atoms with van der Waals surface area (Å²) in [6, 6.07) is 23.1. The van der Waals surface area contributed by atoms with Gasteiger partial charge in [-0.1, -0.05) is 48.0 Å². The number of aryl methyl sites for hydroxylation is 1. The van der Waals surface area contributed by atoms with E-state index < -0.39 is 0 Å². The van der Waals surface area contributed by atoms with E-state index in [9.17, 15) is 8.78 Å². The number of fused-ring (bicyclic) bond motifs is 1. The summed E-state index contributed by atoms with van der Waals surface area (Å²) in [7, 11) is 0. The van der Waals surface area contributed by atoms with Gasteiger partial charge in [0.05, 0.1) is 15.4 Å². The van der Waals surface area contributed by atoms with Crippen molar-refractivity contribution in [1.82, 2.24) is 4.98 Å². The van der Waals surface area contributed by atoms with Gasteiger partial charge < -0.3 is 5.32 Å². The van der Waals surface area contributed by atoms with E-state index >= 15 is 0 Å². The van der Waals surface area contributed by atoms with Gasteiger partial charge in [0.15, 0.2) is 0 Å². The zero-order chi connectivity index (χ0) is 24.2. The van der Waals surface area contributed by atoms with Gasteiger partial charge in [-0.05, 0) is 72.9 Å². The molecule has 0 saturated heterocycles. The summed E-state index contributed by atoms with van der Waals surface area (Å²) in [5.41, 5.74) is 5.03. The van der Waals surface area contributed by atoms with E-state index in [0.717, 1.165) is 62.6 Å². The van der Waals surface area contributed by atoms with E-state index in [1.165, 1.54) is 24.3 Å². The summed E-state index contributed by atoms with van der Waals surface area (Å²) in [6.07, 6.45) is 4.33. The van der Waals surface area contributed by atoms with E-state index in [1.54, 1.807) is 11.3 Å². The lowest BCUT2D eigenvalue weighted by Crippen LogP contribution is -2.03. The summed E-state index contributed by atoms with van der Waals surface area (Å²) >= 11 is 7.94. The molecule has 3 aromatic carbocycles. The monoisotopic (exact) mass is 540 g/mol. The fraction of sp³-hybridized carbons (Fsp3) is 0.138. The van der Waals surface area contributed by atoms with Crippen molar-refractivity contribution in [3.8, 4) is 0 Å². The molecule has 0 aliphatic rings. The number of rotatable bonds is 8. The lowest BCUT2D eigenvalue weighted by Gasteiger charge is -2.18. The van der Waals surface area contributed by atoms with Crippen LogP contribution in [0.15, 0.2) is 90.4 Å². The molecule has 0 bridgehead atoms. The molecule has 5 aromatic rings. The summed E-state index contributed by atoms with van der Waals surface area (Å²) < 4.78 is 28.0. The quantitative estimate of drug-likeness (QED) is 0.212. The molecule has 2 heterocycles. The number of thiophene rings is 1. The van der Waals surface area contributed by atoms with Crippen molar-refractivity contribution in [2.45, 2.75) is 25.2 Å². The molecule has 0 unspecified atom stereocenters. The van der Waals surface area contributed by atoms with Crippen LogP contribution in [0.1, 0.15) is 35.6 Å². The van der Waals surface area contributed by atoms with Crippen molar-refractivity contribution >= 4 is 56.8 Å². The topological polar surface area (TPSA) is 24.9 Å². The maximum Gasteiger partial charge on any atom is 0.123 e. The Hall–Kier alpha value is -2.99. The predicted octanol–water partition coefficient (Wildman–Crippen LogP) is 9.55. The fourth-order valence-electron chi connectivity index (χ4n) is 4.37. The Labute approximate surface area is 224 Å². The van der Waals surface area contributed by atoms with Crippen LogP contribution in [-0.4, -0.2) is 4.98 Å². The molecule has 0 radical (unpaired) electrons. The minimum atomic E-state index is -0.263. The molecular formula is C29H24Cl2F2N2S. The van der Waals surface area contributed by atoms with Gasteiger partial charge in [-0.3, -0.25) is 4.98 Å². The first-order chi connectivity index (χ1) is 17.1. The van der Waals surface area contributed by atoms with Crippen LogP contribution in [0.3, 0.4) is 0 Å². The lowest BCUT2D eigenvalue weighted by atomic mass is 9.87. The van der Waals surface area contributed by atoms with Crippen molar-refractivity contribution in [3.63, 3.8) is 0 Å². The van der Waals surface area contributed by atoms with E-state index in [4.69, 9.17) is 11.6 Å². The highest BCUT2D eigenvalue weighted by molar-refractivity contribution is 7.18. The van der Waals surface area contributed by atoms with Gasteiger partial charge in [0.25, 0.3) is 0 Å². The molecular weight excluding hydrogens is 517 g/mol. The van der Waals surface area contributed by atoms with Crippen molar-refractivity contribution in [1.29, 1.82) is 0 Å². The number of aromatic nitrogens is 1. The van der Waals surface area contributed by atoms with Crippen LogP contribution in [0.5, 0.6) is 0 Å². The minimum Gasteiger partial charge on any atom is -0.354 e. The summed E-state index contributed by atoms with van der Waals surface area (Å²) in [4.78, 5) is 4.55. The number of benzene rings is 3. The first-order valence-corrected chi connectivity index (χ1v) is 12.7. The first kappa shape index (κ1) is 26.1. The third kappa shape index (κ3) is 6.04. The molecule has 0 atom stereocenters. The van der Waals surface area contributed by atoms with Gasteiger partial charge in [0, 0.05) is 34.3 Å². The Morgan fingerprint density at radius 3 is 2.22 bits per heavy atom. The second-order valence-electron chi connectivity index (χ2n) is 8.47. The smallest absolute Gasteiger partial charge is 0.123 e. The number of pyridine rings is 1. The van der Waals surface area contributed by atoms with Gasteiger partial charge >= 0.3 is 0 Å².